The molecule has 0 spiro atoms. The van der Waals surface area contributed by atoms with Crippen molar-refractivity contribution in [2.75, 3.05) is 0 Å². The number of ether oxygens (including phenoxy) is 1. The van der Waals surface area contributed by atoms with E-state index < -0.39 is 0 Å². The molecule has 0 amide bonds. The van der Waals surface area contributed by atoms with Crippen LogP contribution in [0.15, 0.2) is 47.2 Å². The molecular weight excluding hydrogens is 244 g/mol. The summed E-state index contributed by atoms with van der Waals surface area (Å²) in [7, 11) is 0. The minimum Gasteiger partial charge on any atom is -0.421 e. The zero-order chi connectivity index (χ0) is 9.80. The van der Waals surface area contributed by atoms with Crippen LogP contribution in [0.2, 0.25) is 0 Å². The molecule has 2 heterocycles. The predicted octanol–water partition coefficient (Wildman–Crippen LogP) is 3.03. The van der Waals surface area contributed by atoms with Gasteiger partial charge in [0.25, 0.3) is 0 Å². The number of nitrogens with zero attached hydrogens (tertiary/aromatic N) is 2. The number of pyridine rings is 2. The molecule has 0 saturated carbocycles. The molecule has 0 aliphatic carbocycles. The highest BCUT2D eigenvalue weighted by Gasteiger charge is 1.97. The fourth-order valence-corrected chi connectivity index (χ4v) is 1.17. The first kappa shape index (κ1) is 9.15. The number of hydrogen-bond donors (Lipinski definition) is 0. The molecule has 0 aromatic carbocycles. The van der Waals surface area contributed by atoms with Gasteiger partial charge in [0.15, 0.2) is 0 Å². The molecule has 2 aromatic heterocycles. The Balaban J connectivity index is 2.16. The maximum atomic E-state index is 5.39. The van der Waals surface area contributed by atoms with E-state index in [1.54, 1.807) is 24.5 Å². The van der Waals surface area contributed by atoms with Crippen LogP contribution in [0.3, 0.4) is 0 Å². The maximum absolute atomic E-state index is 5.39. The van der Waals surface area contributed by atoms with Crippen LogP contribution in [0.4, 0.5) is 0 Å². The first-order valence-corrected chi connectivity index (χ1v) is 4.84. The molecule has 0 unspecified atom stereocenters. The molecule has 3 nitrogen and oxygen atoms in total. The molecule has 0 N–H and O–H groups in total. The highest BCUT2D eigenvalue weighted by Crippen LogP contribution is 2.17. The lowest BCUT2D eigenvalue weighted by molar-refractivity contribution is 0.444. The summed E-state index contributed by atoms with van der Waals surface area (Å²) >= 11 is 3.30. The van der Waals surface area contributed by atoms with Gasteiger partial charge in [0, 0.05) is 29.0 Å². The fraction of sp³-hybridized carbons (Fsp3) is 0. The first-order valence-electron chi connectivity index (χ1n) is 4.05. The molecule has 0 bridgehead atoms. The second kappa shape index (κ2) is 4.19. The van der Waals surface area contributed by atoms with Gasteiger partial charge in [-0.05, 0) is 28.1 Å². The molecule has 0 fully saturated rings. The average molecular weight is 251 g/mol. The van der Waals surface area contributed by atoms with Gasteiger partial charge in [-0.15, -0.1) is 0 Å². The molecule has 0 aliphatic rings. The summed E-state index contributed by atoms with van der Waals surface area (Å²) < 4.78 is 6.31. The predicted molar refractivity (Wildman–Crippen MR) is 56.2 cm³/mol. The minimum atomic E-state index is 0.534. The standard InChI is InChI=1S/C10H7BrN2O/c11-8-4-5-10(13-7-8)14-9-3-1-2-6-12-9/h1-7H. The Morgan fingerprint density at radius 3 is 2.50 bits per heavy atom. The fourth-order valence-electron chi connectivity index (χ4n) is 0.937. The van der Waals surface area contributed by atoms with Crippen LogP contribution in [-0.4, -0.2) is 9.97 Å². The van der Waals surface area contributed by atoms with Crippen LogP contribution in [0.25, 0.3) is 0 Å². The summed E-state index contributed by atoms with van der Waals surface area (Å²) in [5.74, 6) is 1.08. The Labute approximate surface area is 89.9 Å². The zero-order valence-electron chi connectivity index (χ0n) is 7.22. The van der Waals surface area contributed by atoms with Crippen molar-refractivity contribution in [3.05, 3.63) is 47.2 Å². The zero-order valence-corrected chi connectivity index (χ0v) is 8.81. The number of hydrogen-bond acceptors (Lipinski definition) is 3. The van der Waals surface area contributed by atoms with Crippen LogP contribution < -0.4 is 4.74 Å². The van der Waals surface area contributed by atoms with Crippen molar-refractivity contribution >= 4 is 15.9 Å². The Kier molecular flexibility index (Phi) is 2.74. The molecular formula is C10H7BrN2O. The summed E-state index contributed by atoms with van der Waals surface area (Å²) in [5.41, 5.74) is 0. The monoisotopic (exact) mass is 250 g/mol. The Morgan fingerprint density at radius 2 is 1.86 bits per heavy atom. The summed E-state index contributed by atoms with van der Waals surface area (Å²) in [6, 6.07) is 9.12. The van der Waals surface area contributed by atoms with E-state index in [0.717, 1.165) is 4.47 Å². The molecule has 14 heavy (non-hydrogen) atoms. The average Bonchev–Trinajstić information content (AvgIpc) is 2.23. The van der Waals surface area contributed by atoms with Gasteiger partial charge >= 0.3 is 0 Å². The number of halogens is 1. The second-order valence-corrected chi connectivity index (χ2v) is 3.50. The van der Waals surface area contributed by atoms with Crippen LogP contribution in [0.1, 0.15) is 0 Å². The van der Waals surface area contributed by atoms with Crippen LogP contribution in [-0.2, 0) is 0 Å². The maximum Gasteiger partial charge on any atom is 0.221 e. The van der Waals surface area contributed by atoms with Gasteiger partial charge in [-0.25, -0.2) is 9.97 Å². The first-order chi connectivity index (χ1) is 6.84. The summed E-state index contributed by atoms with van der Waals surface area (Å²) in [5, 5.41) is 0. The lowest BCUT2D eigenvalue weighted by Gasteiger charge is -2.01. The molecule has 2 rings (SSSR count). The normalized spacial score (nSPS) is 9.79. The Bertz CT molecular complexity index is 402. The summed E-state index contributed by atoms with van der Waals surface area (Å²) in [4.78, 5) is 8.09. The smallest absolute Gasteiger partial charge is 0.221 e. The third-order valence-electron chi connectivity index (χ3n) is 1.55. The van der Waals surface area contributed by atoms with E-state index in [-0.39, 0.29) is 0 Å². The Morgan fingerprint density at radius 1 is 1.00 bits per heavy atom. The summed E-state index contributed by atoms with van der Waals surface area (Å²) in [6.07, 6.45) is 3.35. The largest absolute Gasteiger partial charge is 0.421 e. The molecule has 0 radical (unpaired) electrons. The van der Waals surface area contributed by atoms with Crippen LogP contribution in [0.5, 0.6) is 11.8 Å². The third kappa shape index (κ3) is 2.29. The van der Waals surface area contributed by atoms with Gasteiger partial charge < -0.3 is 4.74 Å². The molecule has 0 saturated heterocycles. The lowest BCUT2D eigenvalue weighted by Crippen LogP contribution is -1.88. The van der Waals surface area contributed by atoms with Crippen molar-refractivity contribution in [2.45, 2.75) is 0 Å². The molecule has 0 aliphatic heterocycles. The number of rotatable bonds is 2. The Hall–Kier alpha value is -1.42. The van der Waals surface area contributed by atoms with E-state index >= 15 is 0 Å². The van der Waals surface area contributed by atoms with E-state index in [4.69, 9.17) is 4.74 Å². The van der Waals surface area contributed by atoms with Crippen molar-refractivity contribution in [1.29, 1.82) is 0 Å². The van der Waals surface area contributed by atoms with Crippen molar-refractivity contribution < 1.29 is 4.74 Å². The third-order valence-corrected chi connectivity index (χ3v) is 2.02. The van der Waals surface area contributed by atoms with Crippen LogP contribution in [0, 0.1) is 0 Å². The molecule has 2 aromatic rings. The second-order valence-electron chi connectivity index (χ2n) is 2.58. The van der Waals surface area contributed by atoms with Gasteiger partial charge in [-0.2, -0.15) is 0 Å². The summed E-state index contributed by atoms with van der Waals surface area (Å²) in [6.45, 7) is 0. The molecule has 70 valence electrons. The number of aromatic nitrogens is 2. The van der Waals surface area contributed by atoms with Crippen molar-refractivity contribution in [3.8, 4) is 11.8 Å². The molecule has 0 atom stereocenters. The van der Waals surface area contributed by atoms with Crippen molar-refractivity contribution in [3.63, 3.8) is 0 Å². The minimum absolute atomic E-state index is 0.534. The SMILES string of the molecule is Brc1ccc(Oc2ccccn2)nc1. The quantitative estimate of drug-likeness (QED) is 0.822. The van der Waals surface area contributed by atoms with E-state index in [2.05, 4.69) is 25.9 Å². The van der Waals surface area contributed by atoms with Gasteiger partial charge in [-0.1, -0.05) is 6.07 Å². The van der Waals surface area contributed by atoms with Gasteiger partial charge in [0.1, 0.15) is 0 Å². The topological polar surface area (TPSA) is 35.0 Å². The highest BCUT2D eigenvalue weighted by atomic mass is 79.9. The van der Waals surface area contributed by atoms with Crippen molar-refractivity contribution in [1.82, 2.24) is 9.97 Å². The van der Waals surface area contributed by atoms with E-state index in [0.29, 0.717) is 11.8 Å². The highest BCUT2D eigenvalue weighted by molar-refractivity contribution is 9.10. The van der Waals surface area contributed by atoms with E-state index in [1.165, 1.54) is 0 Å². The lowest BCUT2D eigenvalue weighted by atomic mass is 10.5. The van der Waals surface area contributed by atoms with Gasteiger partial charge in [-0.3, -0.25) is 0 Å². The van der Waals surface area contributed by atoms with Gasteiger partial charge in [0.2, 0.25) is 11.8 Å². The van der Waals surface area contributed by atoms with Crippen LogP contribution >= 0.6 is 15.9 Å². The van der Waals surface area contributed by atoms with Gasteiger partial charge in [0.05, 0.1) is 0 Å². The van der Waals surface area contributed by atoms with Crippen molar-refractivity contribution in [2.24, 2.45) is 0 Å². The van der Waals surface area contributed by atoms with E-state index in [9.17, 15) is 0 Å². The van der Waals surface area contributed by atoms with E-state index in [1.807, 2.05) is 18.2 Å². The molecule has 4 heteroatoms.